The van der Waals surface area contributed by atoms with Crippen LogP contribution in [0, 0.1) is 6.92 Å². The van der Waals surface area contributed by atoms with Crippen LogP contribution in [0.3, 0.4) is 0 Å². The van der Waals surface area contributed by atoms with Gasteiger partial charge in [-0.1, -0.05) is 31.3 Å². The van der Waals surface area contributed by atoms with E-state index in [-0.39, 0.29) is 0 Å². The number of aromatic nitrogens is 1. The molecule has 0 radical (unpaired) electrons. The first-order chi connectivity index (χ1) is 9.10. The summed E-state index contributed by atoms with van der Waals surface area (Å²) in [5.41, 5.74) is 7.77. The van der Waals surface area contributed by atoms with Crippen LogP contribution >= 0.6 is 23.6 Å². The summed E-state index contributed by atoms with van der Waals surface area (Å²) in [7, 11) is 0. The maximum atomic E-state index is 5.75. The lowest BCUT2D eigenvalue weighted by Crippen LogP contribution is -2.08. The molecule has 0 fully saturated rings. The van der Waals surface area contributed by atoms with E-state index in [0.717, 1.165) is 27.7 Å². The van der Waals surface area contributed by atoms with Crippen LogP contribution in [0.15, 0.2) is 24.3 Å². The van der Waals surface area contributed by atoms with E-state index in [1.807, 2.05) is 19.1 Å². The zero-order chi connectivity index (χ0) is 13.8. The van der Waals surface area contributed by atoms with E-state index < -0.39 is 0 Å². The lowest BCUT2D eigenvalue weighted by molar-refractivity contribution is 0.305. The second kappa shape index (κ2) is 6.12. The molecule has 3 nitrogen and oxygen atoms in total. The first-order valence-corrected chi connectivity index (χ1v) is 7.30. The molecule has 1 aromatic heterocycles. The average Bonchev–Trinajstić information content (AvgIpc) is 2.78. The molecule has 0 unspecified atom stereocenters. The van der Waals surface area contributed by atoms with Crippen molar-refractivity contribution < 1.29 is 4.74 Å². The molecule has 0 saturated heterocycles. The molecule has 2 N–H and O–H groups in total. The van der Waals surface area contributed by atoms with Gasteiger partial charge in [0.15, 0.2) is 0 Å². The second-order valence-electron chi connectivity index (χ2n) is 4.18. The molecule has 100 valence electrons. The molecule has 1 aromatic carbocycles. The Kier molecular flexibility index (Phi) is 4.50. The van der Waals surface area contributed by atoms with Gasteiger partial charge in [-0.25, -0.2) is 4.98 Å². The van der Waals surface area contributed by atoms with Crippen molar-refractivity contribution in [2.24, 2.45) is 5.73 Å². The molecule has 0 spiro atoms. The van der Waals surface area contributed by atoms with E-state index in [1.165, 1.54) is 16.9 Å². The van der Waals surface area contributed by atoms with Crippen molar-refractivity contribution in [3.8, 4) is 5.75 Å². The number of ether oxygens (including phenoxy) is 1. The van der Waals surface area contributed by atoms with E-state index in [4.69, 9.17) is 22.7 Å². The number of nitrogens with two attached hydrogens (primary N) is 1. The largest absolute Gasteiger partial charge is 0.486 e. The number of hydrogen-bond donors (Lipinski definition) is 1. The van der Waals surface area contributed by atoms with Gasteiger partial charge in [0.1, 0.15) is 22.4 Å². The number of thiocarbonyl (C=S) groups is 1. The smallest absolute Gasteiger partial charge is 0.140 e. The third-order valence-electron chi connectivity index (χ3n) is 2.73. The van der Waals surface area contributed by atoms with Crippen LogP contribution in [0.5, 0.6) is 5.75 Å². The zero-order valence-corrected chi connectivity index (χ0v) is 12.6. The van der Waals surface area contributed by atoms with Gasteiger partial charge >= 0.3 is 0 Å². The van der Waals surface area contributed by atoms with Crippen LogP contribution in [-0.4, -0.2) is 9.97 Å². The summed E-state index contributed by atoms with van der Waals surface area (Å²) in [6.07, 6.45) is 0.999. The van der Waals surface area contributed by atoms with Crippen LogP contribution < -0.4 is 10.5 Å². The number of nitrogens with zero attached hydrogens (tertiary/aromatic N) is 1. The topological polar surface area (TPSA) is 48.1 Å². The molecule has 0 saturated carbocycles. The lowest BCUT2D eigenvalue weighted by atomic mass is 10.2. The Hall–Kier alpha value is -1.46. The fraction of sp³-hybridized carbons (Fsp3) is 0.286. The zero-order valence-electron chi connectivity index (χ0n) is 11.0. The summed E-state index contributed by atoms with van der Waals surface area (Å²) < 4.78 is 5.75. The van der Waals surface area contributed by atoms with Crippen LogP contribution in [-0.2, 0) is 13.0 Å². The molecule has 19 heavy (non-hydrogen) atoms. The highest BCUT2D eigenvalue weighted by Gasteiger charge is 2.10. The lowest BCUT2D eigenvalue weighted by Gasteiger charge is -2.05. The van der Waals surface area contributed by atoms with Gasteiger partial charge in [0.2, 0.25) is 0 Å². The number of thiazole rings is 1. The van der Waals surface area contributed by atoms with Gasteiger partial charge < -0.3 is 10.5 Å². The van der Waals surface area contributed by atoms with Crippen LogP contribution in [0.4, 0.5) is 0 Å². The minimum Gasteiger partial charge on any atom is -0.486 e. The van der Waals surface area contributed by atoms with Crippen molar-refractivity contribution in [2.45, 2.75) is 26.9 Å². The van der Waals surface area contributed by atoms with Gasteiger partial charge in [0.25, 0.3) is 0 Å². The summed E-state index contributed by atoms with van der Waals surface area (Å²) >= 11 is 6.48. The Morgan fingerprint density at radius 2 is 2.26 bits per heavy atom. The Morgan fingerprint density at radius 1 is 1.47 bits per heavy atom. The van der Waals surface area contributed by atoms with Gasteiger partial charge in [0.05, 0.1) is 10.6 Å². The van der Waals surface area contributed by atoms with Crippen LogP contribution in [0.25, 0.3) is 0 Å². The monoisotopic (exact) mass is 292 g/mol. The normalized spacial score (nSPS) is 10.4. The number of aryl methyl sites for hydroxylation is 2. The standard InChI is InChI=1S/C14H16N2OS2/c1-3-10-5-4-6-11(7-10)17-8-12-16-9(2)13(19-12)14(15)18/h4-7H,3,8H2,1-2H3,(H2,15,18). The first kappa shape index (κ1) is 14.0. The quantitative estimate of drug-likeness (QED) is 0.860. The molecular weight excluding hydrogens is 276 g/mol. The van der Waals surface area contributed by atoms with E-state index in [1.54, 1.807) is 0 Å². The van der Waals surface area contributed by atoms with E-state index in [2.05, 4.69) is 24.0 Å². The van der Waals surface area contributed by atoms with Crippen LogP contribution in [0.1, 0.15) is 28.1 Å². The molecule has 5 heteroatoms. The third-order valence-corrected chi connectivity index (χ3v) is 4.23. The number of hydrogen-bond acceptors (Lipinski definition) is 4. The number of benzene rings is 1. The summed E-state index contributed by atoms with van der Waals surface area (Å²) in [6.45, 7) is 4.48. The van der Waals surface area contributed by atoms with Gasteiger partial charge in [-0.2, -0.15) is 0 Å². The van der Waals surface area contributed by atoms with Gasteiger partial charge in [-0.15, -0.1) is 11.3 Å². The molecule has 2 aromatic rings. The van der Waals surface area contributed by atoms with Gasteiger partial charge in [-0.05, 0) is 31.0 Å². The maximum absolute atomic E-state index is 5.75. The van der Waals surface area contributed by atoms with Crippen molar-refractivity contribution in [1.29, 1.82) is 0 Å². The Bertz CT molecular complexity index is 593. The predicted molar refractivity (Wildman–Crippen MR) is 82.9 cm³/mol. The predicted octanol–water partition coefficient (Wildman–Crippen LogP) is 3.23. The Morgan fingerprint density at radius 3 is 2.89 bits per heavy atom. The molecule has 0 aliphatic rings. The second-order valence-corrected chi connectivity index (χ2v) is 5.70. The molecule has 2 rings (SSSR count). The van der Waals surface area contributed by atoms with E-state index in [9.17, 15) is 0 Å². The SMILES string of the molecule is CCc1cccc(OCc2nc(C)c(C(N)=S)s2)c1. The van der Waals surface area contributed by atoms with E-state index >= 15 is 0 Å². The first-order valence-electron chi connectivity index (χ1n) is 6.08. The molecule has 0 atom stereocenters. The molecule has 0 amide bonds. The summed E-state index contributed by atoms with van der Waals surface area (Å²) in [5, 5.41) is 0.891. The fourth-order valence-electron chi connectivity index (χ4n) is 1.74. The average molecular weight is 292 g/mol. The van der Waals surface area contributed by atoms with Crippen LogP contribution in [0.2, 0.25) is 0 Å². The molecule has 0 aliphatic carbocycles. The highest BCUT2D eigenvalue weighted by molar-refractivity contribution is 7.81. The molecular formula is C14H16N2OS2. The summed E-state index contributed by atoms with van der Waals surface area (Å²) in [4.78, 5) is 5.68. The Labute approximate surface area is 122 Å². The summed E-state index contributed by atoms with van der Waals surface area (Å²) in [5.74, 6) is 0.865. The van der Waals surface area contributed by atoms with E-state index in [0.29, 0.717) is 11.6 Å². The highest BCUT2D eigenvalue weighted by Crippen LogP contribution is 2.20. The molecule has 1 heterocycles. The minimum absolute atomic E-state index is 0.397. The van der Waals surface area contributed by atoms with Gasteiger partial charge in [0, 0.05) is 0 Å². The third kappa shape index (κ3) is 3.52. The summed E-state index contributed by atoms with van der Waals surface area (Å²) in [6, 6.07) is 8.09. The minimum atomic E-state index is 0.397. The molecule has 0 aliphatic heterocycles. The van der Waals surface area contributed by atoms with Gasteiger partial charge in [-0.3, -0.25) is 0 Å². The van der Waals surface area contributed by atoms with Crippen molar-refractivity contribution >= 4 is 28.5 Å². The number of rotatable bonds is 5. The highest BCUT2D eigenvalue weighted by atomic mass is 32.1. The van der Waals surface area contributed by atoms with Crippen molar-refractivity contribution in [1.82, 2.24) is 4.98 Å². The fourth-order valence-corrected chi connectivity index (χ4v) is 2.85. The molecule has 0 bridgehead atoms. The maximum Gasteiger partial charge on any atom is 0.140 e. The van der Waals surface area contributed by atoms with Crippen molar-refractivity contribution in [3.05, 3.63) is 45.4 Å². The van der Waals surface area contributed by atoms with Crippen molar-refractivity contribution in [2.75, 3.05) is 0 Å². The Balaban J connectivity index is 2.06. The van der Waals surface area contributed by atoms with Crippen molar-refractivity contribution in [3.63, 3.8) is 0 Å².